The van der Waals surface area contributed by atoms with Crippen LogP contribution in [0.15, 0.2) is 23.6 Å². The van der Waals surface area contributed by atoms with Crippen LogP contribution in [0.3, 0.4) is 0 Å². The van der Waals surface area contributed by atoms with Gasteiger partial charge >= 0.3 is 5.97 Å². The van der Waals surface area contributed by atoms with Crippen molar-refractivity contribution < 1.29 is 14.8 Å². The number of nitrogens with one attached hydrogen (secondary N) is 1. The maximum Gasteiger partial charge on any atom is 0.355 e. The number of anilines is 1. The van der Waals surface area contributed by atoms with E-state index in [1.165, 1.54) is 22.8 Å². The molecule has 2 N–H and O–H groups in total. The quantitative estimate of drug-likeness (QED) is 0.424. The molecule has 1 aromatic heterocycles. The van der Waals surface area contributed by atoms with Gasteiger partial charge in [0.25, 0.3) is 5.69 Å². The predicted octanol–water partition coefficient (Wildman–Crippen LogP) is 3.01. The van der Waals surface area contributed by atoms with Crippen LogP contribution in [-0.4, -0.2) is 27.5 Å². The van der Waals surface area contributed by atoms with Crippen LogP contribution in [0, 0.1) is 13.7 Å². The summed E-state index contributed by atoms with van der Waals surface area (Å²) in [5.41, 5.74) is 0.484. The molecule has 0 saturated carbocycles. The number of carboxylic acids is 1. The van der Waals surface area contributed by atoms with Crippen molar-refractivity contribution in [3.63, 3.8) is 0 Å². The molecular weight excluding hydrogens is 409 g/mol. The van der Waals surface area contributed by atoms with Crippen molar-refractivity contribution in [2.24, 2.45) is 0 Å². The largest absolute Gasteiger partial charge is 0.476 e. The van der Waals surface area contributed by atoms with Crippen molar-refractivity contribution in [3.8, 4) is 0 Å². The monoisotopic (exact) mass is 419 g/mol. The van der Waals surface area contributed by atoms with Gasteiger partial charge in [-0.05, 0) is 34.7 Å². The molecule has 1 heterocycles. The summed E-state index contributed by atoms with van der Waals surface area (Å²) in [6.07, 6.45) is 0.501. The van der Waals surface area contributed by atoms with Crippen molar-refractivity contribution in [1.82, 2.24) is 4.98 Å². The number of nitro benzene ring substituents is 1. The molecule has 0 aliphatic rings. The van der Waals surface area contributed by atoms with E-state index in [-0.39, 0.29) is 11.4 Å². The summed E-state index contributed by atoms with van der Waals surface area (Å²) < 4.78 is 0.788. The van der Waals surface area contributed by atoms with Crippen molar-refractivity contribution in [2.75, 3.05) is 11.9 Å². The summed E-state index contributed by atoms with van der Waals surface area (Å²) >= 11 is 3.27. The Bertz CT molecular complexity index is 689. The van der Waals surface area contributed by atoms with Crippen molar-refractivity contribution in [3.05, 3.63) is 48.0 Å². The summed E-state index contributed by atoms with van der Waals surface area (Å²) in [7, 11) is 0. The average Bonchev–Trinajstić information content (AvgIpc) is 2.89. The summed E-state index contributed by atoms with van der Waals surface area (Å²) in [5.74, 6) is -1.06. The Morgan fingerprint density at radius 3 is 2.90 bits per heavy atom. The number of carboxylic acid groups (broad SMARTS) is 1. The van der Waals surface area contributed by atoms with Gasteiger partial charge in [0.2, 0.25) is 0 Å². The number of aromatic nitrogens is 1. The Labute approximate surface area is 137 Å². The van der Waals surface area contributed by atoms with E-state index >= 15 is 0 Å². The van der Waals surface area contributed by atoms with Crippen LogP contribution in [-0.2, 0) is 6.42 Å². The van der Waals surface area contributed by atoms with Gasteiger partial charge in [0.15, 0.2) is 5.69 Å². The number of aromatic carboxylic acids is 1. The number of nitrogens with zero attached hydrogens (tertiary/aromatic N) is 2. The number of benzene rings is 1. The molecule has 0 amide bonds. The van der Waals surface area contributed by atoms with Gasteiger partial charge in [-0.3, -0.25) is 10.1 Å². The van der Waals surface area contributed by atoms with E-state index in [0.717, 1.165) is 3.57 Å². The van der Waals surface area contributed by atoms with Crippen LogP contribution in [0.1, 0.15) is 15.5 Å². The van der Waals surface area contributed by atoms with Crippen LogP contribution in [0.25, 0.3) is 0 Å². The standard InChI is InChI=1S/C12H10IN3O4S/c13-7-1-2-8(10(5-7)16(19)20)14-4-3-11-15-9(6-21-11)12(17)18/h1-2,5-6,14H,3-4H2,(H,17,18). The van der Waals surface area contributed by atoms with E-state index in [4.69, 9.17) is 5.11 Å². The maximum absolute atomic E-state index is 11.0. The highest BCUT2D eigenvalue weighted by Crippen LogP contribution is 2.26. The van der Waals surface area contributed by atoms with E-state index in [0.29, 0.717) is 23.7 Å². The van der Waals surface area contributed by atoms with Crippen LogP contribution in [0.4, 0.5) is 11.4 Å². The smallest absolute Gasteiger partial charge is 0.355 e. The number of halogens is 1. The highest BCUT2D eigenvalue weighted by molar-refractivity contribution is 14.1. The molecule has 0 saturated heterocycles. The number of hydrogen-bond acceptors (Lipinski definition) is 6. The van der Waals surface area contributed by atoms with Gasteiger partial charge in [0.1, 0.15) is 5.69 Å². The van der Waals surface area contributed by atoms with Gasteiger partial charge in [-0.2, -0.15) is 0 Å². The van der Waals surface area contributed by atoms with Gasteiger partial charge in [0.05, 0.1) is 9.93 Å². The minimum atomic E-state index is -1.06. The lowest BCUT2D eigenvalue weighted by molar-refractivity contribution is -0.384. The Balaban J connectivity index is 2.00. The number of carbonyl (C=O) groups is 1. The van der Waals surface area contributed by atoms with E-state index in [1.54, 1.807) is 12.1 Å². The second kappa shape index (κ2) is 6.80. The molecular formula is C12H10IN3O4S. The van der Waals surface area contributed by atoms with E-state index in [1.807, 2.05) is 22.6 Å². The first-order chi connectivity index (χ1) is 9.97. The zero-order valence-electron chi connectivity index (χ0n) is 10.6. The first-order valence-electron chi connectivity index (χ1n) is 5.83. The normalized spacial score (nSPS) is 10.3. The molecule has 1 aromatic carbocycles. The topological polar surface area (TPSA) is 105 Å². The first kappa shape index (κ1) is 15.6. The highest BCUT2D eigenvalue weighted by Gasteiger charge is 2.14. The Hall–Kier alpha value is -1.75. The second-order valence-corrected chi connectivity index (χ2v) is 6.22. The molecule has 0 radical (unpaired) electrons. The van der Waals surface area contributed by atoms with Gasteiger partial charge in [-0.15, -0.1) is 11.3 Å². The van der Waals surface area contributed by atoms with Crippen LogP contribution in [0.5, 0.6) is 0 Å². The third-order valence-electron chi connectivity index (χ3n) is 2.58. The SMILES string of the molecule is O=C(O)c1csc(CCNc2ccc(I)cc2[N+](=O)[O-])n1. The minimum Gasteiger partial charge on any atom is -0.476 e. The molecule has 0 atom stereocenters. The zero-order chi connectivity index (χ0) is 15.4. The van der Waals surface area contributed by atoms with Gasteiger partial charge < -0.3 is 10.4 Å². The molecule has 0 aliphatic carbocycles. The number of rotatable bonds is 6. The molecule has 0 aliphatic heterocycles. The number of hydrogen-bond donors (Lipinski definition) is 2. The molecule has 110 valence electrons. The first-order valence-corrected chi connectivity index (χ1v) is 7.78. The molecule has 9 heteroatoms. The van der Waals surface area contributed by atoms with Crippen molar-refractivity contribution >= 4 is 51.3 Å². The fraction of sp³-hybridized carbons (Fsp3) is 0.167. The maximum atomic E-state index is 11.0. The fourth-order valence-electron chi connectivity index (χ4n) is 1.63. The van der Waals surface area contributed by atoms with Gasteiger partial charge in [0, 0.05) is 28.0 Å². The lowest BCUT2D eigenvalue weighted by Crippen LogP contribution is -2.07. The van der Waals surface area contributed by atoms with Crippen molar-refractivity contribution in [1.29, 1.82) is 0 Å². The van der Waals surface area contributed by atoms with E-state index in [2.05, 4.69) is 10.3 Å². The third kappa shape index (κ3) is 4.11. The summed E-state index contributed by atoms with van der Waals surface area (Å²) in [4.78, 5) is 25.2. The molecule has 0 unspecified atom stereocenters. The van der Waals surface area contributed by atoms with Crippen LogP contribution >= 0.6 is 33.9 Å². The molecule has 7 nitrogen and oxygen atoms in total. The third-order valence-corrected chi connectivity index (χ3v) is 4.16. The predicted molar refractivity (Wildman–Crippen MR) is 87.1 cm³/mol. The lowest BCUT2D eigenvalue weighted by Gasteiger charge is -2.06. The number of nitro groups is 1. The Morgan fingerprint density at radius 1 is 1.52 bits per heavy atom. The summed E-state index contributed by atoms with van der Waals surface area (Å²) in [5, 5.41) is 24.9. The number of thiazole rings is 1. The highest BCUT2D eigenvalue weighted by atomic mass is 127. The van der Waals surface area contributed by atoms with Crippen LogP contribution < -0.4 is 5.32 Å². The molecule has 0 fully saturated rings. The van der Waals surface area contributed by atoms with Gasteiger partial charge in [-0.1, -0.05) is 0 Å². The Morgan fingerprint density at radius 2 is 2.29 bits per heavy atom. The van der Waals surface area contributed by atoms with E-state index < -0.39 is 10.9 Å². The molecule has 21 heavy (non-hydrogen) atoms. The Kier molecular flexibility index (Phi) is 5.07. The molecule has 0 spiro atoms. The minimum absolute atomic E-state index is 0.0206. The van der Waals surface area contributed by atoms with Crippen molar-refractivity contribution in [2.45, 2.75) is 6.42 Å². The summed E-state index contributed by atoms with van der Waals surface area (Å²) in [6.45, 7) is 0.438. The average molecular weight is 419 g/mol. The van der Waals surface area contributed by atoms with Crippen LogP contribution in [0.2, 0.25) is 0 Å². The lowest BCUT2D eigenvalue weighted by atomic mass is 10.2. The zero-order valence-corrected chi connectivity index (χ0v) is 13.6. The second-order valence-electron chi connectivity index (χ2n) is 4.03. The summed E-state index contributed by atoms with van der Waals surface area (Å²) in [6, 6.07) is 4.93. The molecule has 2 aromatic rings. The van der Waals surface area contributed by atoms with E-state index in [9.17, 15) is 14.9 Å². The molecule has 0 bridgehead atoms. The molecule has 2 rings (SSSR count). The van der Waals surface area contributed by atoms with Gasteiger partial charge in [-0.25, -0.2) is 9.78 Å². The fourth-order valence-corrected chi connectivity index (χ4v) is 2.88.